The van der Waals surface area contributed by atoms with Crippen molar-refractivity contribution in [2.75, 3.05) is 16.5 Å². The number of rotatable bonds is 5. The van der Waals surface area contributed by atoms with Crippen molar-refractivity contribution in [2.24, 2.45) is 0 Å². The number of benzene rings is 1. The van der Waals surface area contributed by atoms with Gasteiger partial charge in [0, 0.05) is 10.7 Å². The lowest BCUT2D eigenvalue weighted by molar-refractivity contribution is 0.0962. The number of nitrogens with zero attached hydrogens (tertiary/aromatic N) is 3. The Kier molecular flexibility index (Phi) is 5.49. The number of halogens is 2. The fraction of sp³-hybridized carbons (Fsp3) is 0. The van der Waals surface area contributed by atoms with Crippen LogP contribution in [0, 0.1) is 0 Å². The number of anilines is 4. The number of nitrogens with two attached hydrogens (primary N) is 1. The summed E-state index contributed by atoms with van der Waals surface area (Å²) in [5.74, 6) is 0.761. The van der Waals surface area contributed by atoms with Crippen LogP contribution >= 0.6 is 27.5 Å². The third kappa shape index (κ3) is 4.19. The van der Waals surface area contributed by atoms with E-state index in [1.807, 2.05) is 6.07 Å². The maximum atomic E-state index is 12.2. The molecule has 1 amide bonds. The Labute approximate surface area is 162 Å². The molecule has 0 aliphatic rings. The number of carbonyl (C=O) groups is 1. The molecule has 0 radical (unpaired) electrons. The first-order valence-electron chi connectivity index (χ1n) is 7.34. The third-order valence-electron chi connectivity index (χ3n) is 3.27. The van der Waals surface area contributed by atoms with Crippen molar-refractivity contribution >= 4 is 56.6 Å². The quantitative estimate of drug-likeness (QED) is 0.455. The topological polar surface area (TPSA) is 118 Å². The van der Waals surface area contributed by atoms with Crippen LogP contribution in [0.1, 0.15) is 10.4 Å². The van der Waals surface area contributed by atoms with E-state index in [0.717, 1.165) is 0 Å². The first-order valence-corrected chi connectivity index (χ1v) is 8.51. The second-order valence-corrected chi connectivity index (χ2v) is 6.32. The lowest BCUT2D eigenvalue weighted by Gasteiger charge is -2.13. The van der Waals surface area contributed by atoms with Gasteiger partial charge in [0.05, 0.1) is 10.6 Å². The van der Waals surface area contributed by atoms with E-state index in [0.29, 0.717) is 26.7 Å². The van der Waals surface area contributed by atoms with Crippen LogP contribution in [0.15, 0.2) is 53.4 Å². The van der Waals surface area contributed by atoms with Crippen LogP contribution in [0.5, 0.6) is 0 Å². The van der Waals surface area contributed by atoms with Crippen molar-refractivity contribution in [3.05, 3.63) is 64.0 Å². The van der Waals surface area contributed by atoms with Gasteiger partial charge in [0.1, 0.15) is 17.8 Å². The third-order valence-corrected chi connectivity index (χ3v) is 4.19. The van der Waals surface area contributed by atoms with Crippen LogP contribution in [0.4, 0.5) is 23.1 Å². The number of hydrogen-bond donors (Lipinski definition) is 4. The van der Waals surface area contributed by atoms with Gasteiger partial charge in [0.15, 0.2) is 11.6 Å². The van der Waals surface area contributed by atoms with Crippen molar-refractivity contribution in [1.82, 2.24) is 20.4 Å². The highest BCUT2D eigenvalue weighted by Crippen LogP contribution is 2.25. The van der Waals surface area contributed by atoms with Crippen molar-refractivity contribution in [3.8, 4) is 0 Å². The van der Waals surface area contributed by atoms with Gasteiger partial charge in [-0.3, -0.25) is 15.6 Å². The summed E-state index contributed by atoms with van der Waals surface area (Å²) in [4.78, 5) is 24.4. The molecular weight excluding hydrogens is 422 g/mol. The van der Waals surface area contributed by atoms with Gasteiger partial charge in [-0.2, -0.15) is 0 Å². The Morgan fingerprint density at radius 2 is 1.85 bits per heavy atom. The van der Waals surface area contributed by atoms with E-state index in [-0.39, 0.29) is 17.4 Å². The van der Waals surface area contributed by atoms with Gasteiger partial charge in [-0.15, -0.1) is 0 Å². The van der Waals surface area contributed by atoms with E-state index in [2.05, 4.69) is 47.1 Å². The summed E-state index contributed by atoms with van der Waals surface area (Å²) in [5, 5.41) is 3.48. The van der Waals surface area contributed by atoms with Crippen LogP contribution in [0.3, 0.4) is 0 Å². The molecule has 132 valence electrons. The first kappa shape index (κ1) is 17.9. The number of nitrogens with one attached hydrogen (secondary N) is 3. The van der Waals surface area contributed by atoms with E-state index in [9.17, 15) is 4.79 Å². The summed E-state index contributed by atoms with van der Waals surface area (Å²) in [6.07, 6.45) is 2.81. The fourth-order valence-corrected chi connectivity index (χ4v) is 2.57. The zero-order valence-corrected chi connectivity index (χ0v) is 15.5. The second-order valence-electron chi connectivity index (χ2n) is 5.03. The van der Waals surface area contributed by atoms with Crippen LogP contribution in [0.2, 0.25) is 5.02 Å². The standard InChI is InChI=1S/C16H13BrClN7O/c17-11-4-2-1-3-10(11)16(26)25-24-15-13(19)14(21-8-22-15)23-12-6-5-9(18)7-20-12/h1-8H,19H2,(H,25,26)(H2,20,21,22,23,24). The highest BCUT2D eigenvalue weighted by molar-refractivity contribution is 9.10. The van der Waals surface area contributed by atoms with Crippen molar-refractivity contribution in [1.29, 1.82) is 0 Å². The number of pyridine rings is 1. The molecule has 3 rings (SSSR count). The van der Waals surface area contributed by atoms with Gasteiger partial charge in [-0.05, 0) is 40.2 Å². The Hall–Kier alpha value is -2.91. The van der Waals surface area contributed by atoms with Gasteiger partial charge in [-0.25, -0.2) is 15.0 Å². The zero-order chi connectivity index (χ0) is 18.5. The molecule has 0 unspecified atom stereocenters. The van der Waals surface area contributed by atoms with Crippen molar-refractivity contribution < 1.29 is 4.79 Å². The van der Waals surface area contributed by atoms with Gasteiger partial charge in [0.25, 0.3) is 5.91 Å². The predicted molar refractivity (Wildman–Crippen MR) is 104 cm³/mol. The molecule has 0 fully saturated rings. The average molecular weight is 435 g/mol. The minimum atomic E-state index is -0.343. The molecule has 0 saturated heterocycles. The molecule has 0 aliphatic carbocycles. The summed E-state index contributed by atoms with van der Waals surface area (Å²) < 4.78 is 0.672. The summed E-state index contributed by atoms with van der Waals surface area (Å²) in [5.41, 5.74) is 12.0. The minimum absolute atomic E-state index is 0.219. The number of nitrogen functional groups attached to an aromatic ring is 1. The Balaban J connectivity index is 1.72. The Morgan fingerprint density at radius 1 is 1.08 bits per heavy atom. The van der Waals surface area contributed by atoms with Crippen LogP contribution in [-0.4, -0.2) is 20.9 Å². The molecular formula is C16H13BrClN7O. The first-order chi connectivity index (χ1) is 12.5. The molecule has 0 spiro atoms. The second kappa shape index (κ2) is 7.98. The largest absolute Gasteiger partial charge is 0.393 e. The van der Waals surface area contributed by atoms with Gasteiger partial charge in [0.2, 0.25) is 0 Å². The molecule has 0 atom stereocenters. The summed E-state index contributed by atoms with van der Waals surface area (Å²) in [6, 6.07) is 10.4. The SMILES string of the molecule is Nc1c(NNC(=O)c2ccccc2Br)ncnc1Nc1ccc(Cl)cn1. The highest BCUT2D eigenvalue weighted by Gasteiger charge is 2.12. The molecule has 8 nitrogen and oxygen atoms in total. The lowest BCUT2D eigenvalue weighted by Crippen LogP contribution is -2.30. The van der Waals surface area contributed by atoms with E-state index in [1.54, 1.807) is 30.3 Å². The van der Waals surface area contributed by atoms with Gasteiger partial charge in [-0.1, -0.05) is 23.7 Å². The molecule has 3 aromatic rings. The number of aromatic nitrogens is 3. The normalized spacial score (nSPS) is 10.2. The molecule has 1 aromatic carbocycles. The number of hydrazine groups is 1. The summed E-state index contributed by atoms with van der Waals surface area (Å²) in [6.45, 7) is 0. The molecule has 0 saturated carbocycles. The van der Waals surface area contributed by atoms with Crippen LogP contribution in [0.25, 0.3) is 0 Å². The van der Waals surface area contributed by atoms with E-state index in [4.69, 9.17) is 17.3 Å². The highest BCUT2D eigenvalue weighted by atomic mass is 79.9. The van der Waals surface area contributed by atoms with E-state index in [1.165, 1.54) is 12.5 Å². The molecule has 5 N–H and O–H groups in total. The smallest absolute Gasteiger partial charge is 0.270 e. The minimum Gasteiger partial charge on any atom is -0.393 e. The number of amides is 1. The number of carbonyl (C=O) groups excluding carboxylic acids is 1. The fourth-order valence-electron chi connectivity index (χ4n) is 1.99. The van der Waals surface area contributed by atoms with Crippen molar-refractivity contribution in [2.45, 2.75) is 0 Å². The maximum absolute atomic E-state index is 12.2. The molecule has 10 heteroatoms. The van der Waals surface area contributed by atoms with E-state index < -0.39 is 0 Å². The Bertz CT molecular complexity index is 936. The monoisotopic (exact) mass is 433 g/mol. The van der Waals surface area contributed by atoms with E-state index >= 15 is 0 Å². The molecule has 2 heterocycles. The summed E-state index contributed by atoms with van der Waals surface area (Å²) >= 11 is 9.14. The molecule has 2 aromatic heterocycles. The lowest BCUT2D eigenvalue weighted by atomic mass is 10.2. The van der Waals surface area contributed by atoms with Crippen LogP contribution in [-0.2, 0) is 0 Å². The van der Waals surface area contributed by atoms with Gasteiger partial charge < -0.3 is 11.1 Å². The zero-order valence-electron chi connectivity index (χ0n) is 13.2. The summed E-state index contributed by atoms with van der Waals surface area (Å²) in [7, 11) is 0. The molecule has 0 aliphatic heterocycles. The Morgan fingerprint density at radius 3 is 2.58 bits per heavy atom. The predicted octanol–water partition coefficient (Wildman–Crippen LogP) is 3.37. The number of hydrogen-bond acceptors (Lipinski definition) is 7. The van der Waals surface area contributed by atoms with Crippen LogP contribution < -0.4 is 21.9 Å². The average Bonchev–Trinajstić information content (AvgIpc) is 2.64. The van der Waals surface area contributed by atoms with Crippen molar-refractivity contribution in [3.63, 3.8) is 0 Å². The molecule has 0 bridgehead atoms. The van der Waals surface area contributed by atoms with Gasteiger partial charge >= 0.3 is 0 Å². The maximum Gasteiger partial charge on any atom is 0.270 e. The molecule has 26 heavy (non-hydrogen) atoms.